The number of hydrogen-bond donors (Lipinski definition) is 0. The molecule has 124 valence electrons. The van der Waals surface area contributed by atoms with E-state index in [2.05, 4.69) is 9.28 Å². The summed E-state index contributed by atoms with van der Waals surface area (Å²) in [4.78, 5) is 12.0. The first-order valence-electron chi connectivity index (χ1n) is 6.23. The molecule has 10 heteroatoms. The Morgan fingerprint density at radius 2 is 1.83 bits per heavy atom. The van der Waals surface area contributed by atoms with Crippen molar-refractivity contribution in [3.8, 4) is 5.88 Å². The lowest BCUT2D eigenvalue weighted by Crippen LogP contribution is -2.31. The lowest BCUT2D eigenvalue weighted by atomic mass is 10.2. The van der Waals surface area contributed by atoms with Crippen LogP contribution in [-0.4, -0.2) is 23.7 Å². The van der Waals surface area contributed by atoms with Gasteiger partial charge in [-0.2, -0.15) is 21.6 Å². The fraction of sp³-hybridized carbons (Fsp3) is 0.231. The zero-order valence-electron chi connectivity index (χ0n) is 11.7. The topological polar surface area (TPSA) is 78.3 Å². The van der Waals surface area contributed by atoms with E-state index in [0.29, 0.717) is 5.56 Å². The van der Waals surface area contributed by atoms with Crippen molar-refractivity contribution in [1.29, 1.82) is 0 Å². The summed E-state index contributed by atoms with van der Waals surface area (Å²) in [6, 6.07) is 9.38. The van der Waals surface area contributed by atoms with Crippen molar-refractivity contribution in [2.24, 2.45) is 0 Å². The molecule has 0 saturated heterocycles. The maximum absolute atomic E-state index is 12.3. The minimum absolute atomic E-state index is 0.00306. The van der Waals surface area contributed by atoms with Gasteiger partial charge in [0, 0.05) is 11.6 Å². The second-order valence-electron chi connectivity index (χ2n) is 4.60. The fourth-order valence-corrected chi connectivity index (χ4v) is 2.11. The quantitative estimate of drug-likeness (QED) is 0.622. The summed E-state index contributed by atoms with van der Waals surface area (Å²) in [5, 5.41) is 3.53. The Bertz CT molecular complexity index is 861. The Morgan fingerprint density at radius 3 is 2.39 bits per heavy atom. The molecule has 0 amide bonds. The summed E-state index contributed by atoms with van der Waals surface area (Å²) in [6.07, 6.45) is 0. The van der Waals surface area contributed by atoms with Gasteiger partial charge in [-0.25, -0.2) is 4.68 Å². The largest absolute Gasteiger partial charge is 0.534 e. The summed E-state index contributed by atoms with van der Waals surface area (Å²) in [6.45, 7) is 1.28. The molecule has 0 aliphatic rings. The molecule has 1 heterocycles. The van der Waals surface area contributed by atoms with Crippen LogP contribution in [0.4, 0.5) is 13.2 Å². The minimum Gasteiger partial charge on any atom is -0.354 e. The van der Waals surface area contributed by atoms with Crippen molar-refractivity contribution in [3.63, 3.8) is 0 Å². The van der Waals surface area contributed by atoms with Gasteiger partial charge in [-0.1, -0.05) is 30.3 Å². The maximum Gasteiger partial charge on any atom is 0.534 e. The summed E-state index contributed by atoms with van der Waals surface area (Å²) in [7, 11) is -5.85. The van der Waals surface area contributed by atoms with E-state index in [1.807, 2.05) is 0 Å². The molecule has 0 radical (unpaired) electrons. The first-order valence-corrected chi connectivity index (χ1v) is 7.64. The molecule has 0 aliphatic heterocycles. The van der Waals surface area contributed by atoms with Crippen LogP contribution in [0.2, 0.25) is 0 Å². The number of benzene rings is 1. The molecule has 0 unspecified atom stereocenters. The standard InChI is InChI=1S/C13H11F3N2O4S/c1-9-7-11(22-23(20,21)13(14,15)16)17-18(12(9)19)8-10-5-3-2-4-6-10/h2-7H,8H2,1H3. The molecule has 23 heavy (non-hydrogen) atoms. The van der Waals surface area contributed by atoms with Crippen molar-refractivity contribution in [2.75, 3.05) is 0 Å². The van der Waals surface area contributed by atoms with Gasteiger partial charge in [0.15, 0.2) is 0 Å². The number of halogens is 3. The number of alkyl halides is 3. The number of rotatable bonds is 4. The molecule has 1 aromatic heterocycles. The number of hydrogen-bond acceptors (Lipinski definition) is 5. The smallest absolute Gasteiger partial charge is 0.354 e. The molecule has 0 saturated carbocycles. The Labute approximate surface area is 129 Å². The van der Waals surface area contributed by atoms with Gasteiger partial charge in [0.25, 0.3) is 11.4 Å². The van der Waals surface area contributed by atoms with Gasteiger partial charge in [-0.3, -0.25) is 4.79 Å². The van der Waals surface area contributed by atoms with Crippen molar-refractivity contribution in [3.05, 3.63) is 57.9 Å². The SMILES string of the molecule is Cc1cc(OS(=O)(=O)C(F)(F)F)nn(Cc2ccccc2)c1=O. The van der Waals surface area contributed by atoms with Gasteiger partial charge in [0.05, 0.1) is 6.54 Å². The van der Waals surface area contributed by atoms with Gasteiger partial charge in [0.1, 0.15) is 0 Å². The average molecular weight is 348 g/mol. The van der Waals surface area contributed by atoms with Crippen LogP contribution in [0.25, 0.3) is 0 Å². The highest BCUT2D eigenvalue weighted by Gasteiger charge is 2.49. The van der Waals surface area contributed by atoms with E-state index in [1.165, 1.54) is 6.92 Å². The molecular formula is C13H11F3N2O4S. The maximum atomic E-state index is 12.3. The van der Waals surface area contributed by atoms with Gasteiger partial charge in [-0.05, 0) is 12.5 Å². The van der Waals surface area contributed by atoms with Gasteiger partial charge < -0.3 is 4.18 Å². The van der Waals surface area contributed by atoms with Crippen LogP contribution in [-0.2, 0) is 16.7 Å². The van der Waals surface area contributed by atoms with Crippen molar-refractivity contribution >= 4 is 10.1 Å². The Morgan fingerprint density at radius 1 is 1.22 bits per heavy atom. The molecule has 0 bridgehead atoms. The van der Waals surface area contributed by atoms with Gasteiger partial charge in [0.2, 0.25) is 0 Å². The molecule has 2 rings (SSSR count). The Balaban J connectivity index is 2.39. The van der Waals surface area contributed by atoms with E-state index in [1.54, 1.807) is 30.3 Å². The molecule has 0 fully saturated rings. The van der Waals surface area contributed by atoms with Crippen molar-refractivity contribution in [1.82, 2.24) is 9.78 Å². The van der Waals surface area contributed by atoms with Crippen LogP contribution < -0.4 is 9.74 Å². The third-order valence-electron chi connectivity index (χ3n) is 2.78. The van der Waals surface area contributed by atoms with Crippen LogP contribution in [0.3, 0.4) is 0 Å². The molecule has 6 nitrogen and oxygen atoms in total. The van der Waals surface area contributed by atoms with E-state index in [9.17, 15) is 26.4 Å². The molecule has 0 aliphatic carbocycles. The van der Waals surface area contributed by atoms with Gasteiger partial charge in [-0.15, -0.1) is 5.10 Å². The first-order chi connectivity index (χ1) is 10.6. The lowest BCUT2D eigenvalue weighted by molar-refractivity contribution is -0.0501. The summed E-state index contributed by atoms with van der Waals surface area (Å²) >= 11 is 0. The van der Waals surface area contributed by atoms with Crippen LogP contribution in [0.1, 0.15) is 11.1 Å². The lowest BCUT2D eigenvalue weighted by Gasteiger charge is -2.11. The third-order valence-corrected chi connectivity index (χ3v) is 3.74. The van der Waals surface area contributed by atoms with Crippen LogP contribution in [0.5, 0.6) is 5.88 Å². The predicted octanol–water partition coefficient (Wildman–Crippen LogP) is 1.83. The zero-order chi connectivity index (χ0) is 17.3. The summed E-state index contributed by atoms with van der Waals surface area (Å²) in [5.74, 6) is -0.824. The highest BCUT2D eigenvalue weighted by atomic mass is 32.2. The van der Waals surface area contributed by atoms with E-state index in [4.69, 9.17) is 0 Å². The van der Waals surface area contributed by atoms with Gasteiger partial charge >= 0.3 is 15.6 Å². The summed E-state index contributed by atoms with van der Waals surface area (Å²) in [5.41, 5.74) is -5.48. The molecule has 0 spiro atoms. The Kier molecular flexibility index (Phi) is 4.46. The second kappa shape index (κ2) is 6.03. The van der Waals surface area contributed by atoms with Crippen LogP contribution >= 0.6 is 0 Å². The van der Waals surface area contributed by atoms with Crippen molar-refractivity contribution in [2.45, 2.75) is 19.0 Å². The van der Waals surface area contributed by atoms with Crippen LogP contribution in [0.15, 0.2) is 41.2 Å². The zero-order valence-corrected chi connectivity index (χ0v) is 12.6. The first kappa shape index (κ1) is 17.0. The van der Waals surface area contributed by atoms with E-state index >= 15 is 0 Å². The molecular weight excluding hydrogens is 337 g/mol. The number of nitrogens with zero attached hydrogens (tertiary/aromatic N) is 2. The normalized spacial score (nSPS) is 12.2. The number of aromatic nitrogens is 2. The summed E-state index contributed by atoms with van der Waals surface area (Å²) < 4.78 is 63.8. The fourth-order valence-electron chi connectivity index (χ4n) is 1.71. The third kappa shape index (κ3) is 3.89. The van der Waals surface area contributed by atoms with E-state index in [-0.39, 0.29) is 12.1 Å². The van der Waals surface area contributed by atoms with E-state index in [0.717, 1.165) is 10.7 Å². The number of aryl methyl sites for hydroxylation is 1. The highest BCUT2D eigenvalue weighted by Crippen LogP contribution is 2.25. The van der Waals surface area contributed by atoms with E-state index < -0.39 is 27.1 Å². The molecule has 0 atom stereocenters. The van der Waals surface area contributed by atoms with Crippen LogP contribution in [0, 0.1) is 6.92 Å². The minimum atomic E-state index is -5.85. The average Bonchev–Trinajstić information content (AvgIpc) is 2.43. The predicted molar refractivity (Wildman–Crippen MR) is 74.4 cm³/mol. The second-order valence-corrected chi connectivity index (χ2v) is 6.14. The molecule has 1 aromatic carbocycles. The molecule has 0 N–H and O–H groups in total. The molecule has 2 aromatic rings. The Hall–Kier alpha value is -2.36. The van der Waals surface area contributed by atoms with Crippen molar-refractivity contribution < 1.29 is 25.8 Å². The highest BCUT2D eigenvalue weighted by molar-refractivity contribution is 7.87. The monoisotopic (exact) mass is 348 g/mol.